The van der Waals surface area contributed by atoms with Gasteiger partial charge < -0.3 is 29.2 Å². The first-order valence-electron chi connectivity index (χ1n) is 10.3. The molecule has 0 radical (unpaired) electrons. The van der Waals surface area contributed by atoms with Crippen LogP contribution in [0.3, 0.4) is 0 Å². The number of hydrogen-bond donors (Lipinski definition) is 2. The Kier molecular flexibility index (Phi) is 6.97. The molecule has 0 spiro atoms. The molecule has 6 atom stereocenters. The summed E-state index contributed by atoms with van der Waals surface area (Å²) >= 11 is 0. The van der Waals surface area contributed by atoms with Crippen molar-refractivity contribution in [3.63, 3.8) is 0 Å². The van der Waals surface area contributed by atoms with Crippen LogP contribution in [0.1, 0.15) is 17.9 Å². The Hall–Kier alpha value is -3.47. The molecule has 2 bridgehead atoms. The lowest BCUT2D eigenvalue weighted by Crippen LogP contribution is -2.68. The molecule has 11 heteroatoms. The molecule has 1 aromatic rings. The van der Waals surface area contributed by atoms with Gasteiger partial charge in [-0.2, -0.15) is 0 Å². The van der Waals surface area contributed by atoms with Gasteiger partial charge in [0.15, 0.2) is 0 Å². The number of carbonyl (C=O) groups is 4. The van der Waals surface area contributed by atoms with E-state index in [2.05, 4.69) is 0 Å². The SMILES string of the molecule is COC(=O)C1=C(O)C(C(=O)OC)[C@]2(O)[C@@H](C(=O)OC)[C@@H]1C[C@H](c1ccc(F)cc1)[C@@H]2C(=O)OC. The third-order valence-electron chi connectivity index (χ3n) is 6.74. The van der Waals surface area contributed by atoms with Gasteiger partial charge in [0.25, 0.3) is 0 Å². The average molecular weight is 480 g/mol. The molecule has 0 amide bonds. The summed E-state index contributed by atoms with van der Waals surface area (Å²) in [5.74, 6) is -13.2. The quantitative estimate of drug-likeness (QED) is 0.463. The second-order valence-electron chi connectivity index (χ2n) is 8.14. The Morgan fingerprint density at radius 1 is 0.853 bits per heavy atom. The van der Waals surface area contributed by atoms with Crippen molar-refractivity contribution < 1.29 is 52.7 Å². The summed E-state index contributed by atoms with van der Waals surface area (Å²) < 4.78 is 32.9. The number of ether oxygens (including phenoxy) is 4. The maximum Gasteiger partial charge on any atom is 0.337 e. The number of hydrogen-bond acceptors (Lipinski definition) is 10. The van der Waals surface area contributed by atoms with Gasteiger partial charge in [0.1, 0.15) is 23.1 Å². The van der Waals surface area contributed by atoms with E-state index in [4.69, 9.17) is 18.9 Å². The summed E-state index contributed by atoms with van der Waals surface area (Å²) in [5, 5.41) is 23.1. The molecule has 3 rings (SSSR count). The van der Waals surface area contributed by atoms with Crippen LogP contribution in [0.25, 0.3) is 0 Å². The van der Waals surface area contributed by atoms with Crippen LogP contribution in [0.2, 0.25) is 0 Å². The fraction of sp³-hybridized carbons (Fsp3) is 0.478. The summed E-state index contributed by atoms with van der Waals surface area (Å²) in [6.45, 7) is 0. The Bertz CT molecular complexity index is 1030. The highest BCUT2D eigenvalue weighted by atomic mass is 19.1. The number of esters is 4. The number of benzene rings is 1. The first-order chi connectivity index (χ1) is 16.1. The normalized spacial score (nSPS) is 30.2. The van der Waals surface area contributed by atoms with E-state index in [-0.39, 0.29) is 6.42 Å². The first kappa shape index (κ1) is 25.2. The Balaban J connectivity index is 2.40. The number of aliphatic hydroxyl groups is 2. The van der Waals surface area contributed by atoms with Crippen LogP contribution in [0.15, 0.2) is 35.6 Å². The predicted octanol–water partition coefficient (Wildman–Crippen LogP) is 1.03. The largest absolute Gasteiger partial charge is 0.511 e. The molecule has 0 saturated heterocycles. The summed E-state index contributed by atoms with van der Waals surface area (Å²) in [6, 6.07) is 5.04. The number of carbonyl (C=O) groups excluding carboxylic acids is 4. The van der Waals surface area contributed by atoms with Crippen molar-refractivity contribution in [2.24, 2.45) is 23.7 Å². The minimum Gasteiger partial charge on any atom is -0.511 e. The van der Waals surface area contributed by atoms with Crippen molar-refractivity contribution in [3.05, 3.63) is 47.0 Å². The van der Waals surface area contributed by atoms with E-state index in [0.717, 1.165) is 40.6 Å². The third-order valence-corrected chi connectivity index (χ3v) is 6.74. The van der Waals surface area contributed by atoms with E-state index in [0.29, 0.717) is 5.56 Å². The summed E-state index contributed by atoms with van der Waals surface area (Å²) in [6.07, 6.45) is -0.143. The number of aliphatic hydroxyl groups excluding tert-OH is 1. The van der Waals surface area contributed by atoms with E-state index < -0.39 is 76.2 Å². The van der Waals surface area contributed by atoms with Gasteiger partial charge in [0.2, 0.25) is 0 Å². The van der Waals surface area contributed by atoms with E-state index in [9.17, 15) is 33.8 Å². The molecule has 2 N–H and O–H groups in total. The van der Waals surface area contributed by atoms with Crippen molar-refractivity contribution in [1.29, 1.82) is 0 Å². The zero-order valence-electron chi connectivity index (χ0n) is 18.9. The number of rotatable bonds is 5. The van der Waals surface area contributed by atoms with Gasteiger partial charge in [-0.25, -0.2) is 9.18 Å². The molecule has 184 valence electrons. The molecule has 0 aliphatic heterocycles. The number of methoxy groups -OCH3 is 4. The molecular weight excluding hydrogens is 455 g/mol. The molecule has 10 nitrogen and oxygen atoms in total. The van der Waals surface area contributed by atoms with Gasteiger partial charge in [-0.15, -0.1) is 0 Å². The predicted molar refractivity (Wildman–Crippen MR) is 110 cm³/mol. The van der Waals surface area contributed by atoms with Crippen molar-refractivity contribution in [1.82, 2.24) is 0 Å². The lowest BCUT2D eigenvalue weighted by molar-refractivity contribution is -0.208. The zero-order chi connectivity index (χ0) is 25.4. The molecule has 0 aromatic heterocycles. The zero-order valence-corrected chi connectivity index (χ0v) is 18.9. The van der Waals surface area contributed by atoms with Gasteiger partial charge in [-0.3, -0.25) is 14.4 Å². The molecule has 1 unspecified atom stereocenters. The van der Waals surface area contributed by atoms with Gasteiger partial charge >= 0.3 is 23.9 Å². The molecule has 0 heterocycles. The number of halogens is 1. The fourth-order valence-electron chi connectivity index (χ4n) is 5.37. The van der Waals surface area contributed by atoms with Crippen LogP contribution in [0.4, 0.5) is 4.39 Å². The van der Waals surface area contributed by atoms with Crippen LogP contribution in [0, 0.1) is 29.5 Å². The van der Waals surface area contributed by atoms with Crippen molar-refractivity contribution in [3.8, 4) is 0 Å². The Labute approximate surface area is 194 Å². The van der Waals surface area contributed by atoms with Gasteiger partial charge in [-0.05, 0) is 24.1 Å². The van der Waals surface area contributed by atoms with E-state index in [1.807, 2.05) is 0 Å². The summed E-state index contributed by atoms with van der Waals surface area (Å²) in [4.78, 5) is 51.6. The van der Waals surface area contributed by atoms with E-state index in [1.54, 1.807) is 0 Å². The van der Waals surface area contributed by atoms with Crippen LogP contribution < -0.4 is 0 Å². The minimum atomic E-state index is -2.63. The second kappa shape index (κ2) is 9.41. The van der Waals surface area contributed by atoms with E-state index >= 15 is 0 Å². The highest BCUT2D eigenvalue weighted by Gasteiger charge is 2.71. The summed E-state index contributed by atoms with van der Waals surface area (Å²) in [5.41, 5.74) is -2.68. The molecule has 2 aliphatic carbocycles. The molecule has 1 saturated carbocycles. The maximum atomic E-state index is 13.6. The van der Waals surface area contributed by atoms with Gasteiger partial charge in [0, 0.05) is 11.8 Å². The Morgan fingerprint density at radius 2 is 1.35 bits per heavy atom. The average Bonchev–Trinajstić information content (AvgIpc) is 2.82. The highest BCUT2D eigenvalue weighted by Crippen LogP contribution is 2.59. The third kappa shape index (κ3) is 3.69. The van der Waals surface area contributed by atoms with Crippen LogP contribution in [-0.4, -0.2) is 68.1 Å². The van der Waals surface area contributed by atoms with Crippen molar-refractivity contribution in [2.75, 3.05) is 28.4 Å². The van der Waals surface area contributed by atoms with Crippen molar-refractivity contribution >= 4 is 23.9 Å². The molecule has 1 fully saturated rings. The molecular formula is C23H25FO10. The molecule has 2 aliphatic rings. The Morgan fingerprint density at radius 3 is 1.82 bits per heavy atom. The minimum absolute atomic E-state index is 0.143. The maximum absolute atomic E-state index is 13.6. The standard InChI is InChI=1S/C23H25FO10/c1-31-19(26)14-13-9-12(10-5-7-11(24)8-6-10)15(20(27)32-2)23(30,16(13)21(28)33-3)17(18(14)25)22(29)34-4/h5-8,12-13,15-17,25,30H,9H2,1-4H3/t12-,13-,15-,16-,17?,23-/m1/s1. The smallest absolute Gasteiger partial charge is 0.337 e. The summed E-state index contributed by atoms with van der Waals surface area (Å²) in [7, 11) is 4.11. The molecule has 1 aromatic carbocycles. The lowest BCUT2D eigenvalue weighted by Gasteiger charge is -2.55. The molecule has 34 heavy (non-hydrogen) atoms. The van der Waals surface area contributed by atoms with Crippen LogP contribution in [-0.2, 0) is 38.1 Å². The van der Waals surface area contributed by atoms with Crippen molar-refractivity contribution in [2.45, 2.75) is 17.9 Å². The van der Waals surface area contributed by atoms with Gasteiger partial charge in [0.05, 0.1) is 45.8 Å². The number of fused-ring (bicyclic) bond motifs is 2. The monoisotopic (exact) mass is 480 g/mol. The van der Waals surface area contributed by atoms with Gasteiger partial charge in [-0.1, -0.05) is 12.1 Å². The second-order valence-corrected chi connectivity index (χ2v) is 8.14. The van der Waals surface area contributed by atoms with Crippen LogP contribution >= 0.6 is 0 Å². The fourth-order valence-corrected chi connectivity index (χ4v) is 5.37. The van der Waals surface area contributed by atoms with Crippen LogP contribution in [0.5, 0.6) is 0 Å². The first-order valence-corrected chi connectivity index (χ1v) is 10.3. The topological polar surface area (TPSA) is 146 Å². The van der Waals surface area contributed by atoms with E-state index in [1.165, 1.54) is 12.1 Å². The lowest BCUT2D eigenvalue weighted by atomic mass is 9.49. The highest BCUT2D eigenvalue weighted by molar-refractivity contribution is 5.96.